The quantitative estimate of drug-likeness (QED) is 0.258. The van der Waals surface area contributed by atoms with Crippen molar-refractivity contribution in [3.05, 3.63) is 11.8 Å². The van der Waals surface area contributed by atoms with Gasteiger partial charge in [0, 0.05) is 24.8 Å². The first-order chi connectivity index (χ1) is 14.2. The molecule has 1 unspecified atom stereocenters. The van der Waals surface area contributed by atoms with Gasteiger partial charge in [-0.1, -0.05) is 52.9 Å². The third-order valence-corrected chi connectivity index (χ3v) is 11.4. The van der Waals surface area contributed by atoms with Gasteiger partial charge in [0.1, 0.15) is 0 Å². The van der Waals surface area contributed by atoms with Gasteiger partial charge >= 0.3 is 34.5 Å². The molecule has 0 aromatic heterocycles. The van der Waals surface area contributed by atoms with Crippen LogP contribution in [0.4, 0.5) is 0 Å². The number of carbonyl (C=O) groups excluding carboxylic acids is 1. The van der Waals surface area contributed by atoms with E-state index in [2.05, 4.69) is 11.1 Å². The van der Waals surface area contributed by atoms with Crippen molar-refractivity contribution >= 4 is 33.2 Å². The SMILES string of the molecule is O=C1CCCN1C=C1CCCCC1P(C1CCCCC1)C1CCCCC1.[Cl][Ru][Cl]. The van der Waals surface area contributed by atoms with Crippen LogP contribution < -0.4 is 0 Å². The van der Waals surface area contributed by atoms with E-state index in [1.54, 1.807) is 5.57 Å². The first kappa shape index (κ1) is 24.5. The average molecular weight is 548 g/mol. The molecule has 6 heteroatoms. The molecule has 1 atom stereocenters. The number of halogens is 2. The first-order valence-electron chi connectivity index (χ1n) is 11.9. The predicted octanol–water partition coefficient (Wildman–Crippen LogP) is 7.96. The molecule has 1 heterocycles. The first-order valence-corrected chi connectivity index (χ1v) is 17.9. The van der Waals surface area contributed by atoms with Crippen LogP contribution in [-0.4, -0.2) is 34.3 Å². The van der Waals surface area contributed by atoms with Crippen molar-refractivity contribution in [3.8, 4) is 0 Å². The van der Waals surface area contributed by atoms with E-state index >= 15 is 0 Å². The van der Waals surface area contributed by atoms with Gasteiger partial charge in [-0.15, -0.1) is 0 Å². The molecule has 29 heavy (non-hydrogen) atoms. The van der Waals surface area contributed by atoms with E-state index in [0.717, 1.165) is 36.4 Å². The number of carbonyl (C=O) groups is 1. The molecule has 4 fully saturated rings. The zero-order chi connectivity index (χ0) is 20.5. The van der Waals surface area contributed by atoms with E-state index in [-0.39, 0.29) is 23.1 Å². The number of rotatable bonds is 4. The molecular weight excluding hydrogens is 509 g/mol. The Morgan fingerprint density at radius 2 is 1.34 bits per heavy atom. The minimum atomic E-state index is -0.346. The average Bonchev–Trinajstić information content (AvgIpc) is 3.16. The molecule has 1 aliphatic heterocycles. The Morgan fingerprint density at radius 3 is 1.86 bits per heavy atom. The second kappa shape index (κ2) is 13.4. The number of nitrogens with zero attached hydrogens (tertiary/aromatic N) is 1. The zero-order valence-corrected chi connectivity index (χ0v) is 21.9. The number of likely N-dealkylation sites (tertiary alicyclic amines) is 1. The summed E-state index contributed by atoms with van der Waals surface area (Å²) in [5.74, 6) is 0.376. The topological polar surface area (TPSA) is 20.3 Å². The van der Waals surface area contributed by atoms with E-state index < -0.39 is 0 Å². The van der Waals surface area contributed by atoms with Gasteiger partial charge in [-0.2, -0.15) is 0 Å². The Kier molecular flexibility index (Phi) is 11.3. The standard InChI is InChI=1S/C23H38NOP.2ClH.Ru/c25-23-16-9-17-24(23)18-19-10-7-8-15-22(19)26(20-11-3-1-4-12-20)21-13-5-2-6-14-21;;;/h18,20-22H,1-17H2;2*1H;/q;;;+2/p-2. The van der Waals surface area contributed by atoms with Crippen molar-refractivity contribution in [2.45, 2.75) is 120 Å². The van der Waals surface area contributed by atoms with Crippen LogP contribution >= 0.6 is 27.3 Å². The number of allylic oxidation sites excluding steroid dienone is 1. The molecule has 0 bridgehead atoms. The fraction of sp³-hybridized carbons (Fsp3) is 0.870. The van der Waals surface area contributed by atoms with E-state index in [0.29, 0.717) is 5.91 Å². The molecule has 1 saturated heterocycles. The van der Waals surface area contributed by atoms with Gasteiger partial charge in [0.25, 0.3) is 0 Å². The summed E-state index contributed by atoms with van der Waals surface area (Å²) in [5.41, 5.74) is 4.59. The molecule has 168 valence electrons. The Hall–Kier alpha value is 0.843. The monoisotopic (exact) mass is 547 g/mol. The Balaban J connectivity index is 0.000000755. The number of amides is 1. The molecule has 3 aliphatic carbocycles. The van der Waals surface area contributed by atoms with Crippen LogP contribution in [-0.2, 0) is 19.9 Å². The Labute approximate surface area is 195 Å². The van der Waals surface area contributed by atoms with Gasteiger partial charge in [-0.25, -0.2) is 0 Å². The second-order valence-corrected chi connectivity index (χ2v) is 14.9. The molecule has 4 rings (SSSR count). The summed E-state index contributed by atoms with van der Waals surface area (Å²) < 4.78 is 0. The van der Waals surface area contributed by atoms with Gasteiger partial charge < -0.3 is 4.90 Å². The van der Waals surface area contributed by atoms with Crippen LogP contribution in [0.25, 0.3) is 0 Å². The van der Waals surface area contributed by atoms with Crippen LogP contribution in [0.2, 0.25) is 0 Å². The summed E-state index contributed by atoms with van der Waals surface area (Å²) in [7, 11) is 9.81. The number of hydrogen-bond acceptors (Lipinski definition) is 1. The third kappa shape index (κ3) is 7.17. The molecular formula is C23H38Cl2NOPRu. The Bertz CT molecular complexity index is 517. The summed E-state index contributed by atoms with van der Waals surface area (Å²) in [6.07, 6.45) is 24.6. The molecule has 0 aromatic rings. The fourth-order valence-electron chi connectivity index (χ4n) is 6.08. The maximum absolute atomic E-state index is 12.2. The normalized spacial score (nSPS) is 28.8. The van der Waals surface area contributed by atoms with Crippen LogP contribution in [0, 0.1) is 0 Å². The van der Waals surface area contributed by atoms with Crippen molar-refractivity contribution in [2.24, 2.45) is 0 Å². The van der Waals surface area contributed by atoms with Crippen molar-refractivity contribution in [1.82, 2.24) is 4.90 Å². The molecule has 0 spiro atoms. The van der Waals surface area contributed by atoms with Crippen LogP contribution in [0.3, 0.4) is 0 Å². The fourth-order valence-corrected chi connectivity index (χ4v) is 10.7. The molecule has 0 aromatic carbocycles. The number of hydrogen-bond donors (Lipinski definition) is 0. The van der Waals surface area contributed by atoms with Crippen molar-refractivity contribution < 1.29 is 19.9 Å². The molecule has 2 nitrogen and oxygen atoms in total. The van der Waals surface area contributed by atoms with Gasteiger partial charge in [-0.3, -0.25) is 4.79 Å². The van der Waals surface area contributed by atoms with Gasteiger partial charge in [0.2, 0.25) is 5.91 Å². The van der Waals surface area contributed by atoms with E-state index in [1.165, 1.54) is 89.9 Å². The predicted molar refractivity (Wildman–Crippen MR) is 124 cm³/mol. The van der Waals surface area contributed by atoms with Crippen molar-refractivity contribution in [1.29, 1.82) is 0 Å². The molecule has 3 saturated carbocycles. The van der Waals surface area contributed by atoms with E-state index in [9.17, 15) is 4.79 Å². The summed E-state index contributed by atoms with van der Waals surface area (Å²) in [4.78, 5) is 14.3. The maximum atomic E-state index is 12.2. The molecule has 1 amide bonds. The Morgan fingerprint density at radius 1 is 0.793 bits per heavy atom. The van der Waals surface area contributed by atoms with Gasteiger partial charge in [-0.05, 0) is 68.3 Å². The van der Waals surface area contributed by atoms with Gasteiger partial charge in [0.15, 0.2) is 0 Å². The van der Waals surface area contributed by atoms with E-state index in [4.69, 9.17) is 19.4 Å². The van der Waals surface area contributed by atoms with Crippen LogP contribution in [0.5, 0.6) is 0 Å². The molecule has 4 aliphatic rings. The summed E-state index contributed by atoms with van der Waals surface area (Å²) in [6.45, 7) is 0.972. The summed E-state index contributed by atoms with van der Waals surface area (Å²) in [6, 6.07) is 0. The van der Waals surface area contributed by atoms with Crippen molar-refractivity contribution in [2.75, 3.05) is 6.54 Å². The van der Waals surface area contributed by atoms with Crippen molar-refractivity contribution in [3.63, 3.8) is 0 Å². The summed E-state index contributed by atoms with van der Waals surface area (Å²) >= 11 is -0.346. The zero-order valence-electron chi connectivity index (χ0n) is 17.7. The van der Waals surface area contributed by atoms with Crippen LogP contribution in [0.15, 0.2) is 11.8 Å². The van der Waals surface area contributed by atoms with E-state index in [1.807, 2.05) is 0 Å². The summed E-state index contributed by atoms with van der Waals surface area (Å²) in [5, 5.41) is 0. The molecule has 0 radical (unpaired) electrons. The third-order valence-electron chi connectivity index (χ3n) is 7.41. The second-order valence-electron chi connectivity index (χ2n) is 9.24. The van der Waals surface area contributed by atoms with Crippen LogP contribution in [0.1, 0.15) is 103 Å². The van der Waals surface area contributed by atoms with Gasteiger partial charge in [0.05, 0.1) is 0 Å². The molecule has 0 N–H and O–H groups in total. The minimum absolute atomic E-state index is 0.105.